The summed E-state index contributed by atoms with van der Waals surface area (Å²) in [5, 5.41) is 0. The first-order valence-electron chi connectivity index (χ1n) is 7.47. The summed E-state index contributed by atoms with van der Waals surface area (Å²) in [7, 11) is 0. The van der Waals surface area contributed by atoms with E-state index in [1.54, 1.807) is 0 Å². The fourth-order valence-corrected chi connectivity index (χ4v) is 1.99. The van der Waals surface area contributed by atoms with Crippen molar-refractivity contribution in [1.82, 2.24) is 0 Å². The number of halogens is 2. The first-order chi connectivity index (χ1) is 9.42. The van der Waals surface area contributed by atoms with E-state index < -0.39 is 0 Å². The maximum absolute atomic E-state index is 3.28. The predicted molar refractivity (Wildman–Crippen MR) is 88.3 cm³/mol. The van der Waals surface area contributed by atoms with E-state index in [-0.39, 0.29) is 39.5 Å². The van der Waals surface area contributed by atoms with Crippen LogP contribution in [0.4, 0.5) is 0 Å². The Morgan fingerprint density at radius 1 is 0.909 bits per heavy atom. The Morgan fingerprint density at radius 3 is 1.27 bits per heavy atom. The predicted octanol–water partition coefficient (Wildman–Crippen LogP) is -0.256. The Kier molecular flexibility index (Phi) is 21.3. The third-order valence-corrected chi connectivity index (χ3v) is 3.11. The molecule has 22 heavy (non-hydrogen) atoms. The molecule has 0 unspecified atom stereocenters. The van der Waals surface area contributed by atoms with Crippen molar-refractivity contribution in [2.75, 3.05) is 0 Å². The van der Waals surface area contributed by atoms with Crippen molar-refractivity contribution < 1.29 is 57.0 Å². The third kappa shape index (κ3) is 13.4. The minimum atomic E-state index is 0. The van der Waals surface area contributed by atoms with E-state index in [0.29, 0.717) is 0 Å². The van der Waals surface area contributed by atoms with Crippen molar-refractivity contribution in [1.29, 1.82) is 0 Å². The first kappa shape index (κ1) is 27.8. The molecular formula is C18H28Br2HfSi-2. The van der Waals surface area contributed by atoms with Gasteiger partial charge in [-0.15, -0.1) is 26.7 Å². The van der Waals surface area contributed by atoms with Crippen LogP contribution in [-0.4, -0.2) is 5.49 Å². The molecular weight excluding hydrogens is 583 g/mol. The van der Waals surface area contributed by atoms with Gasteiger partial charge in [0.15, 0.2) is 0 Å². The molecule has 0 fully saturated rings. The van der Waals surface area contributed by atoms with Crippen LogP contribution in [0.1, 0.15) is 53.4 Å². The Bertz CT molecular complexity index is 406. The van der Waals surface area contributed by atoms with Crippen LogP contribution in [0, 0.1) is 12.2 Å². The van der Waals surface area contributed by atoms with Gasteiger partial charge in [0, 0.05) is 0 Å². The molecule has 0 aromatic carbocycles. The number of rotatable bonds is 2. The summed E-state index contributed by atoms with van der Waals surface area (Å²) in [6.45, 7) is 13.3. The SMILES string of the molecule is CCC1=[C-]CC=C1C.CCC1=[C-]CC=C1C.C[Si](C)=[Hf+2].[Br-].[Br-]. The molecule has 0 N–H and O–H groups in total. The van der Waals surface area contributed by atoms with Crippen molar-refractivity contribution >= 4 is 5.49 Å². The van der Waals surface area contributed by atoms with Crippen LogP contribution in [0.5, 0.6) is 0 Å². The summed E-state index contributed by atoms with van der Waals surface area (Å²) in [4.78, 5) is 0. The summed E-state index contributed by atoms with van der Waals surface area (Å²) in [6.07, 6.45) is 15.4. The maximum atomic E-state index is 3.28. The van der Waals surface area contributed by atoms with Crippen LogP contribution < -0.4 is 34.0 Å². The quantitative estimate of drug-likeness (QED) is 0.299. The minimum Gasteiger partial charge on any atom is -1.00 e. The Morgan fingerprint density at radius 2 is 1.18 bits per heavy atom. The van der Waals surface area contributed by atoms with Crippen molar-refractivity contribution in [2.45, 2.75) is 66.5 Å². The normalized spacial score (nSPS) is 14.5. The van der Waals surface area contributed by atoms with Gasteiger partial charge >= 0.3 is 41.6 Å². The molecule has 0 bridgehead atoms. The third-order valence-electron chi connectivity index (χ3n) is 3.11. The molecule has 0 atom stereocenters. The molecule has 0 saturated carbocycles. The van der Waals surface area contributed by atoms with E-state index in [9.17, 15) is 0 Å². The summed E-state index contributed by atoms with van der Waals surface area (Å²) in [5.74, 6) is 0. The number of hydrogen-bond acceptors (Lipinski definition) is 0. The van der Waals surface area contributed by atoms with E-state index in [4.69, 9.17) is 0 Å². The van der Waals surface area contributed by atoms with E-state index in [1.165, 1.54) is 45.3 Å². The molecule has 2 rings (SSSR count). The van der Waals surface area contributed by atoms with Crippen LogP contribution in [0.15, 0.2) is 34.4 Å². The van der Waals surface area contributed by atoms with E-state index in [0.717, 1.165) is 25.7 Å². The smallest absolute Gasteiger partial charge is 1.00 e. The van der Waals surface area contributed by atoms with Crippen molar-refractivity contribution in [3.8, 4) is 0 Å². The van der Waals surface area contributed by atoms with Gasteiger partial charge in [0.2, 0.25) is 0 Å². The van der Waals surface area contributed by atoms with Gasteiger partial charge in [0.25, 0.3) is 0 Å². The topological polar surface area (TPSA) is 0 Å². The largest absolute Gasteiger partial charge is 1.00 e. The summed E-state index contributed by atoms with van der Waals surface area (Å²) < 4.78 is 0. The van der Waals surface area contributed by atoms with Gasteiger partial charge in [0.1, 0.15) is 0 Å². The number of allylic oxidation sites excluding steroid dienone is 8. The van der Waals surface area contributed by atoms with E-state index in [2.05, 4.69) is 65.1 Å². The van der Waals surface area contributed by atoms with Crippen LogP contribution >= 0.6 is 0 Å². The zero-order chi connectivity index (χ0) is 15.5. The van der Waals surface area contributed by atoms with Crippen molar-refractivity contribution in [3.63, 3.8) is 0 Å². The Balaban J connectivity index is -0.000000249. The van der Waals surface area contributed by atoms with Gasteiger partial charge < -0.3 is 34.0 Å². The molecule has 124 valence electrons. The fraction of sp³-hybridized carbons (Fsp3) is 0.556. The second-order valence-corrected chi connectivity index (χ2v) is 18.0. The van der Waals surface area contributed by atoms with Gasteiger partial charge in [-0.2, -0.15) is 12.2 Å². The molecule has 0 amide bonds. The zero-order valence-electron chi connectivity index (χ0n) is 14.7. The van der Waals surface area contributed by atoms with E-state index >= 15 is 0 Å². The molecule has 4 heteroatoms. The maximum Gasteiger partial charge on any atom is -1.00 e. The summed E-state index contributed by atoms with van der Waals surface area (Å²) >= 11 is 1.45. The van der Waals surface area contributed by atoms with Gasteiger partial charge in [0.05, 0.1) is 0 Å². The molecule has 2 aliphatic rings. The molecule has 0 nitrogen and oxygen atoms in total. The van der Waals surface area contributed by atoms with Gasteiger partial charge in [-0.3, -0.25) is 12.2 Å². The second kappa shape index (κ2) is 16.9. The van der Waals surface area contributed by atoms with Crippen LogP contribution in [0.25, 0.3) is 0 Å². The van der Waals surface area contributed by atoms with Gasteiger partial charge in [-0.05, 0) is 0 Å². The average molecular weight is 611 g/mol. The first-order valence-corrected chi connectivity index (χ1v) is 15.4. The monoisotopic (exact) mass is 610 g/mol. The molecule has 0 spiro atoms. The number of hydrogen-bond donors (Lipinski definition) is 0. The molecule has 0 aromatic rings. The van der Waals surface area contributed by atoms with Gasteiger partial charge in [-0.25, -0.2) is 22.3 Å². The molecule has 0 aliphatic heterocycles. The molecule has 0 heterocycles. The minimum absolute atomic E-state index is 0. The van der Waals surface area contributed by atoms with E-state index in [1.807, 2.05) is 0 Å². The molecule has 0 radical (unpaired) electrons. The van der Waals surface area contributed by atoms with Crippen LogP contribution in [0.2, 0.25) is 13.1 Å². The summed E-state index contributed by atoms with van der Waals surface area (Å²) in [6, 6.07) is 0. The zero-order valence-corrected chi connectivity index (χ0v) is 22.5. The van der Waals surface area contributed by atoms with Crippen LogP contribution in [0.3, 0.4) is 0 Å². The van der Waals surface area contributed by atoms with Gasteiger partial charge in [-0.1, -0.05) is 26.7 Å². The van der Waals surface area contributed by atoms with Crippen molar-refractivity contribution in [3.05, 3.63) is 46.6 Å². The Labute approximate surface area is 174 Å². The Hall–Kier alpha value is 1.01. The van der Waals surface area contributed by atoms with Crippen molar-refractivity contribution in [2.24, 2.45) is 0 Å². The van der Waals surface area contributed by atoms with Crippen LogP contribution in [-0.2, 0) is 23.0 Å². The second-order valence-electron chi connectivity index (χ2n) is 5.20. The fourth-order valence-electron chi connectivity index (χ4n) is 1.99. The molecule has 0 saturated heterocycles. The summed E-state index contributed by atoms with van der Waals surface area (Å²) in [5.41, 5.74) is 5.92. The molecule has 2 aliphatic carbocycles. The average Bonchev–Trinajstić information content (AvgIpc) is 2.97. The standard InChI is InChI=1S/2C8H11.C2H6Si.2BrH.Hf/c2*1-3-8-6-4-5-7(8)2;1-3-2;;;/h2*5H,3-4H2,1-2H3;1-2H3;2*1H;/q2*-1;;;;+2/p-2. The molecule has 0 aromatic heterocycles.